The molecule has 1 saturated heterocycles. The number of carbonyl (C=O) groups is 2. The second-order valence-electron chi connectivity index (χ2n) is 3.81. The Hall–Kier alpha value is -1.82. The van der Waals surface area contributed by atoms with Gasteiger partial charge in [-0.2, -0.15) is 0 Å². The zero-order valence-electron chi connectivity index (χ0n) is 8.76. The Morgan fingerprint density at radius 2 is 2.35 bits per heavy atom. The molecule has 0 saturated carbocycles. The number of aromatic nitrogens is 1. The average Bonchev–Trinajstić information content (AvgIpc) is 2.61. The second kappa shape index (κ2) is 4.21. The lowest BCUT2D eigenvalue weighted by Gasteiger charge is -2.16. The molecule has 17 heavy (non-hydrogen) atoms. The van der Waals surface area contributed by atoms with Crippen LogP contribution in [0.1, 0.15) is 6.42 Å². The monoisotopic (exact) mass is 255 g/mol. The zero-order valence-corrected chi connectivity index (χ0v) is 9.52. The van der Waals surface area contributed by atoms with Gasteiger partial charge in [0, 0.05) is 19.2 Å². The minimum atomic E-state index is -0.992. The fraction of sp³-hybridized carbons (Fsp3) is 0.300. The number of hydrogen-bond acceptors (Lipinski definition) is 4. The Morgan fingerprint density at radius 1 is 1.65 bits per heavy atom. The van der Waals surface area contributed by atoms with Crippen molar-refractivity contribution in [1.29, 1.82) is 0 Å². The second-order valence-corrected chi connectivity index (χ2v) is 4.25. The summed E-state index contributed by atoms with van der Waals surface area (Å²) in [6.45, 7) is 0.0903. The van der Waals surface area contributed by atoms with Crippen LogP contribution in [0, 0.1) is 5.92 Å². The number of carbonyl (C=O) groups excluding carboxylic acids is 1. The summed E-state index contributed by atoms with van der Waals surface area (Å²) in [5.74, 6) is -1.73. The van der Waals surface area contributed by atoms with Crippen LogP contribution < -0.4 is 10.6 Å². The predicted octanol–water partition coefficient (Wildman–Crippen LogP) is 0.755. The van der Waals surface area contributed by atoms with E-state index >= 15 is 0 Å². The Labute approximate surface area is 102 Å². The summed E-state index contributed by atoms with van der Waals surface area (Å²) in [5, 5.41) is 9.23. The van der Waals surface area contributed by atoms with Crippen molar-refractivity contribution in [3.8, 4) is 0 Å². The largest absolute Gasteiger partial charge is 0.481 e. The van der Waals surface area contributed by atoms with Gasteiger partial charge in [-0.05, 0) is 6.07 Å². The number of hydrogen-bond donors (Lipinski definition) is 2. The summed E-state index contributed by atoms with van der Waals surface area (Å²) in [4.78, 5) is 27.7. The van der Waals surface area contributed by atoms with E-state index in [0.717, 1.165) is 0 Å². The number of carboxylic acid groups (broad SMARTS) is 1. The van der Waals surface area contributed by atoms with Gasteiger partial charge >= 0.3 is 5.97 Å². The quantitative estimate of drug-likeness (QED) is 0.813. The topological polar surface area (TPSA) is 96.5 Å². The van der Waals surface area contributed by atoms with E-state index in [1.807, 2.05) is 0 Å². The number of nitrogens with two attached hydrogens (primary N) is 1. The van der Waals surface area contributed by atoms with Crippen LogP contribution in [0.25, 0.3) is 0 Å². The van der Waals surface area contributed by atoms with Crippen molar-refractivity contribution in [2.45, 2.75) is 6.42 Å². The fourth-order valence-electron chi connectivity index (χ4n) is 1.75. The number of nitrogen functional groups attached to an aromatic ring is 1. The summed E-state index contributed by atoms with van der Waals surface area (Å²) >= 11 is 5.70. The highest BCUT2D eigenvalue weighted by atomic mass is 35.5. The minimum Gasteiger partial charge on any atom is -0.481 e. The molecule has 1 atom stereocenters. The Bertz CT molecular complexity index is 492. The predicted molar refractivity (Wildman–Crippen MR) is 61.8 cm³/mol. The number of halogens is 1. The summed E-state index contributed by atoms with van der Waals surface area (Å²) in [5.41, 5.74) is 5.96. The molecule has 0 spiro atoms. The van der Waals surface area contributed by atoms with Gasteiger partial charge in [-0.25, -0.2) is 4.98 Å². The molecule has 7 heteroatoms. The smallest absolute Gasteiger partial charge is 0.308 e. The van der Waals surface area contributed by atoms with Gasteiger partial charge in [0.05, 0.1) is 16.6 Å². The normalized spacial score (nSPS) is 19.7. The SMILES string of the molecule is Nc1cc(Cl)cnc1N1CC(C(=O)O)CC1=O. The first-order chi connectivity index (χ1) is 7.99. The van der Waals surface area contributed by atoms with Crippen LogP contribution >= 0.6 is 11.6 Å². The van der Waals surface area contributed by atoms with E-state index in [4.69, 9.17) is 22.4 Å². The van der Waals surface area contributed by atoms with Crippen molar-refractivity contribution in [2.24, 2.45) is 5.92 Å². The van der Waals surface area contributed by atoms with E-state index in [1.165, 1.54) is 17.2 Å². The molecule has 3 N–H and O–H groups in total. The molecule has 1 aliphatic heterocycles. The molecule has 1 aromatic heterocycles. The van der Waals surface area contributed by atoms with Crippen molar-refractivity contribution in [3.05, 3.63) is 17.3 Å². The molecule has 2 rings (SSSR count). The Kier molecular flexibility index (Phi) is 2.89. The number of pyridine rings is 1. The molecule has 2 heterocycles. The maximum absolute atomic E-state index is 11.7. The molecule has 0 bridgehead atoms. The summed E-state index contributed by atoms with van der Waals surface area (Å²) < 4.78 is 0. The van der Waals surface area contributed by atoms with Gasteiger partial charge in [0.2, 0.25) is 5.91 Å². The third-order valence-corrected chi connectivity index (χ3v) is 2.80. The van der Waals surface area contributed by atoms with Gasteiger partial charge in [-0.15, -0.1) is 0 Å². The lowest BCUT2D eigenvalue weighted by molar-refractivity contribution is -0.141. The first-order valence-corrected chi connectivity index (χ1v) is 5.31. The minimum absolute atomic E-state index is 0.0287. The van der Waals surface area contributed by atoms with Crippen LogP contribution in [0.2, 0.25) is 5.02 Å². The molecule has 1 aliphatic rings. The van der Waals surface area contributed by atoms with Gasteiger partial charge in [0.15, 0.2) is 5.82 Å². The van der Waals surface area contributed by atoms with Crippen LogP contribution in [0.4, 0.5) is 11.5 Å². The lowest BCUT2D eigenvalue weighted by atomic mass is 10.1. The van der Waals surface area contributed by atoms with Gasteiger partial charge in [0.1, 0.15) is 0 Å². The van der Waals surface area contributed by atoms with Gasteiger partial charge < -0.3 is 10.8 Å². The first kappa shape index (κ1) is 11.7. The molecule has 0 aromatic carbocycles. The van der Waals surface area contributed by atoms with E-state index in [9.17, 15) is 9.59 Å². The molecular weight excluding hydrogens is 246 g/mol. The molecule has 1 amide bonds. The van der Waals surface area contributed by atoms with E-state index in [2.05, 4.69) is 4.98 Å². The molecule has 0 aliphatic carbocycles. The van der Waals surface area contributed by atoms with E-state index in [1.54, 1.807) is 0 Å². The third kappa shape index (κ3) is 2.16. The third-order valence-electron chi connectivity index (χ3n) is 2.59. The van der Waals surface area contributed by atoms with Gasteiger partial charge in [0.25, 0.3) is 0 Å². The Morgan fingerprint density at radius 3 is 2.88 bits per heavy atom. The average molecular weight is 256 g/mol. The number of rotatable bonds is 2. The zero-order chi connectivity index (χ0) is 12.6. The van der Waals surface area contributed by atoms with Crippen LogP contribution in [0.3, 0.4) is 0 Å². The maximum Gasteiger partial charge on any atom is 0.308 e. The fourth-order valence-corrected chi connectivity index (χ4v) is 1.92. The summed E-state index contributed by atoms with van der Waals surface area (Å²) in [6.07, 6.45) is 1.34. The van der Waals surface area contributed by atoms with Crippen molar-refractivity contribution in [2.75, 3.05) is 17.2 Å². The van der Waals surface area contributed by atoms with E-state index in [0.29, 0.717) is 5.02 Å². The lowest BCUT2D eigenvalue weighted by Crippen LogP contribution is -2.27. The number of carboxylic acids is 1. The summed E-state index contributed by atoms with van der Waals surface area (Å²) in [7, 11) is 0. The summed E-state index contributed by atoms with van der Waals surface area (Å²) in [6, 6.07) is 1.48. The number of anilines is 2. The van der Waals surface area contributed by atoms with Crippen LogP contribution in [0.15, 0.2) is 12.3 Å². The van der Waals surface area contributed by atoms with E-state index in [-0.39, 0.29) is 30.4 Å². The molecule has 6 nitrogen and oxygen atoms in total. The van der Waals surface area contributed by atoms with E-state index < -0.39 is 11.9 Å². The highest BCUT2D eigenvalue weighted by Crippen LogP contribution is 2.29. The van der Waals surface area contributed by atoms with Crippen LogP contribution in [-0.4, -0.2) is 28.5 Å². The van der Waals surface area contributed by atoms with Crippen molar-refractivity contribution in [1.82, 2.24) is 4.98 Å². The number of amides is 1. The molecule has 90 valence electrons. The molecule has 1 unspecified atom stereocenters. The first-order valence-electron chi connectivity index (χ1n) is 4.93. The molecule has 1 fully saturated rings. The van der Waals surface area contributed by atoms with Crippen molar-refractivity contribution in [3.63, 3.8) is 0 Å². The number of aliphatic carboxylic acids is 1. The standard InChI is InChI=1S/C10H10ClN3O3/c11-6-2-7(12)9(13-3-6)14-4-5(10(16)17)1-8(14)15/h2-3,5H,1,4,12H2,(H,16,17). The maximum atomic E-state index is 11.7. The molecular formula is C10H10ClN3O3. The van der Waals surface area contributed by atoms with Crippen LogP contribution in [0.5, 0.6) is 0 Å². The van der Waals surface area contributed by atoms with Crippen molar-refractivity contribution >= 4 is 35.0 Å². The van der Waals surface area contributed by atoms with Crippen molar-refractivity contribution < 1.29 is 14.7 Å². The molecule has 1 aromatic rings. The highest BCUT2D eigenvalue weighted by molar-refractivity contribution is 6.30. The number of nitrogens with zero attached hydrogens (tertiary/aromatic N) is 2. The van der Waals surface area contributed by atoms with Gasteiger partial charge in [-0.3, -0.25) is 14.5 Å². The molecule has 0 radical (unpaired) electrons. The Balaban J connectivity index is 2.29. The van der Waals surface area contributed by atoms with Gasteiger partial charge in [-0.1, -0.05) is 11.6 Å². The van der Waals surface area contributed by atoms with Crippen LogP contribution in [-0.2, 0) is 9.59 Å². The highest BCUT2D eigenvalue weighted by Gasteiger charge is 2.36.